The van der Waals surface area contributed by atoms with Gasteiger partial charge in [-0.1, -0.05) is 56.7 Å². The van der Waals surface area contributed by atoms with Gasteiger partial charge in [-0.25, -0.2) is 0 Å². The van der Waals surface area contributed by atoms with Gasteiger partial charge in [0.15, 0.2) is 0 Å². The third-order valence-corrected chi connectivity index (χ3v) is 6.28. The summed E-state index contributed by atoms with van der Waals surface area (Å²) in [7, 11) is 0. The molecular weight excluding hydrogens is 288 g/mol. The second kappa shape index (κ2) is 5.81. The Morgan fingerprint density at radius 1 is 1.00 bits per heavy atom. The maximum absolute atomic E-state index is 10.5. The first-order chi connectivity index (χ1) is 10.0. The number of phenolic OH excluding ortho intramolecular Hbond substituents is 1. The van der Waals surface area contributed by atoms with E-state index in [4.69, 9.17) is 0 Å². The van der Waals surface area contributed by atoms with Crippen molar-refractivity contribution in [1.29, 1.82) is 0 Å². The Labute approximate surface area is 139 Å². The molecule has 0 saturated carbocycles. The smallest absolute Gasteiger partial charge is 0.130 e. The van der Waals surface area contributed by atoms with Crippen LogP contribution in [0.15, 0.2) is 38.7 Å². The van der Waals surface area contributed by atoms with E-state index in [0.29, 0.717) is 11.7 Å². The molecule has 0 amide bonds. The van der Waals surface area contributed by atoms with Crippen LogP contribution < -0.4 is 0 Å². The summed E-state index contributed by atoms with van der Waals surface area (Å²) >= 11 is 1.74. The van der Waals surface area contributed by atoms with Gasteiger partial charge < -0.3 is 5.11 Å². The van der Waals surface area contributed by atoms with Gasteiger partial charge in [-0.2, -0.15) is 0 Å². The van der Waals surface area contributed by atoms with Crippen LogP contribution in [-0.4, -0.2) is 5.11 Å². The lowest BCUT2D eigenvalue weighted by molar-refractivity contribution is 0.453. The molecule has 2 heteroatoms. The van der Waals surface area contributed by atoms with Crippen molar-refractivity contribution in [1.82, 2.24) is 0 Å². The molecule has 0 spiro atoms. The van der Waals surface area contributed by atoms with Gasteiger partial charge in [-0.15, -0.1) is 0 Å². The van der Waals surface area contributed by atoms with Crippen molar-refractivity contribution in [3.05, 3.63) is 44.9 Å². The van der Waals surface area contributed by atoms with E-state index in [-0.39, 0.29) is 5.41 Å². The van der Waals surface area contributed by atoms with Gasteiger partial charge in [0.25, 0.3) is 0 Å². The Hall–Kier alpha value is -1.15. The fourth-order valence-corrected chi connectivity index (χ4v) is 4.49. The summed E-state index contributed by atoms with van der Waals surface area (Å²) in [6.07, 6.45) is 0. The molecule has 1 aliphatic carbocycles. The van der Waals surface area contributed by atoms with Crippen molar-refractivity contribution in [2.24, 2.45) is 5.92 Å². The van der Waals surface area contributed by atoms with Crippen molar-refractivity contribution < 1.29 is 5.11 Å². The quantitative estimate of drug-likeness (QED) is 0.686. The average molecular weight is 317 g/mol. The van der Waals surface area contributed by atoms with Crippen LogP contribution in [0.2, 0.25) is 0 Å². The molecule has 1 N–H and O–H groups in total. The molecule has 120 valence electrons. The third-order valence-electron chi connectivity index (χ3n) is 4.82. The lowest BCUT2D eigenvalue weighted by atomic mass is 9.86. The monoisotopic (exact) mass is 316 g/mol. The summed E-state index contributed by atoms with van der Waals surface area (Å²) in [5.41, 5.74) is 6.58. The predicted octanol–water partition coefficient (Wildman–Crippen LogP) is 6.35. The highest BCUT2D eigenvalue weighted by Gasteiger charge is 2.27. The van der Waals surface area contributed by atoms with Crippen molar-refractivity contribution in [2.45, 2.75) is 65.7 Å². The van der Waals surface area contributed by atoms with Gasteiger partial charge in [0.05, 0.1) is 4.90 Å². The Morgan fingerprint density at radius 2 is 1.59 bits per heavy atom. The van der Waals surface area contributed by atoms with Gasteiger partial charge >= 0.3 is 0 Å². The van der Waals surface area contributed by atoms with Crippen molar-refractivity contribution >= 4 is 11.8 Å². The zero-order chi connectivity index (χ0) is 16.8. The lowest BCUT2D eigenvalue weighted by Gasteiger charge is -2.24. The van der Waals surface area contributed by atoms with E-state index >= 15 is 0 Å². The summed E-state index contributed by atoms with van der Waals surface area (Å²) in [6, 6.07) is 4.08. The maximum atomic E-state index is 10.5. The number of hydrogen-bond acceptors (Lipinski definition) is 2. The average Bonchev–Trinajstić information content (AvgIpc) is 2.57. The molecule has 0 saturated heterocycles. The molecule has 22 heavy (non-hydrogen) atoms. The van der Waals surface area contributed by atoms with E-state index in [1.165, 1.54) is 27.2 Å². The van der Waals surface area contributed by atoms with E-state index in [2.05, 4.69) is 54.5 Å². The summed E-state index contributed by atoms with van der Waals surface area (Å²) in [5.74, 6) is 0.911. The molecule has 1 aromatic carbocycles. The number of benzene rings is 1. The molecule has 0 fully saturated rings. The first-order valence-corrected chi connectivity index (χ1v) is 8.76. The molecule has 1 nitrogen and oxygen atoms in total. The fraction of sp³-hybridized carbons (Fsp3) is 0.500. The number of allylic oxidation sites excluding steroid dienone is 3. The summed E-state index contributed by atoms with van der Waals surface area (Å²) in [4.78, 5) is 2.34. The lowest BCUT2D eigenvalue weighted by Crippen LogP contribution is -2.13. The Balaban J connectivity index is 2.56. The minimum absolute atomic E-state index is 0.0111. The van der Waals surface area contributed by atoms with E-state index < -0.39 is 0 Å². The Morgan fingerprint density at radius 3 is 2.05 bits per heavy atom. The molecule has 2 rings (SSSR count). The summed E-state index contributed by atoms with van der Waals surface area (Å²) in [6.45, 7) is 17.6. The van der Waals surface area contributed by atoms with Crippen LogP contribution >= 0.6 is 11.8 Å². The number of phenols is 1. The van der Waals surface area contributed by atoms with Gasteiger partial charge in [0, 0.05) is 4.91 Å². The predicted molar refractivity (Wildman–Crippen MR) is 97.6 cm³/mol. The zero-order valence-corrected chi connectivity index (χ0v) is 15.9. The number of thioether (sulfide) groups is 1. The molecule has 1 aromatic rings. The Bertz CT molecular complexity index is 672. The van der Waals surface area contributed by atoms with Crippen LogP contribution in [0.3, 0.4) is 0 Å². The van der Waals surface area contributed by atoms with Crippen LogP contribution in [0.1, 0.15) is 59.6 Å². The molecule has 0 aliphatic heterocycles. The topological polar surface area (TPSA) is 20.2 Å². The second-order valence-corrected chi connectivity index (χ2v) is 8.58. The van der Waals surface area contributed by atoms with Crippen molar-refractivity contribution in [3.8, 4) is 5.75 Å². The third kappa shape index (κ3) is 2.99. The summed E-state index contributed by atoms with van der Waals surface area (Å²) in [5, 5.41) is 10.5. The van der Waals surface area contributed by atoms with Crippen LogP contribution in [0, 0.1) is 12.8 Å². The minimum Gasteiger partial charge on any atom is -0.507 e. The van der Waals surface area contributed by atoms with Gasteiger partial charge in [0.1, 0.15) is 5.75 Å². The number of rotatable bonds is 2. The van der Waals surface area contributed by atoms with Gasteiger partial charge in [0.2, 0.25) is 0 Å². The molecule has 1 unspecified atom stereocenters. The zero-order valence-electron chi connectivity index (χ0n) is 15.1. The normalized spacial score (nSPS) is 19.4. The molecule has 0 radical (unpaired) electrons. The van der Waals surface area contributed by atoms with E-state index in [9.17, 15) is 5.11 Å². The van der Waals surface area contributed by atoms with Gasteiger partial charge in [-0.05, 0) is 61.8 Å². The van der Waals surface area contributed by atoms with Gasteiger partial charge in [-0.3, -0.25) is 0 Å². The van der Waals surface area contributed by atoms with Crippen molar-refractivity contribution in [2.75, 3.05) is 0 Å². The number of aryl methyl sites for hydroxylation is 1. The van der Waals surface area contributed by atoms with E-state index in [1.807, 2.05) is 13.0 Å². The van der Waals surface area contributed by atoms with Crippen LogP contribution in [0.4, 0.5) is 0 Å². The number of hydrogen-bond donors (Lipinski definition) is 1. The van der Waals surface area contributed by atoms with Crippen molar-refractivity contribution in [3.63, 3.8) is 0 Å². The second-order valence-electron chi connectivity index (χ2n) is 7.55. The highest BCUT2D eigenvalue weighted by molar-refractivity contribution is 8.03. The standard InChI is InChI=1S/C20H28OS/c1-11-9-16(20(6,7)8)19(17(21)10-11)22-18-14(4)12(2)13(3)15(18)5/h9-10,12,21H,1-8H3. The minimum atomic E-state index is 0.0111. The van der Waals surface area contributed by atoms with Crippen LogP contribution in [0.25, 0.3) is 0 Å². The molecule has 1 atom stereocenters. The summed E-state index contributed by atoms with van der Waals surface area (Å²) < 4.78 is 0. The number of aromatic hydroxyl groups is 1. The molecule has 1 aliphatic rings. The van der Waals surface area contributed by atoms with E-state index in [0.717, 1.165) is 10.5 Å². The van der Waals surface area contributed by atoms with E-state index in [1.54, 1.807) is 11.8 Å². The highest BCUT2D eigenvalue weighted by Crippen LogP contribution is 2.49. The maximum Gasteiger partial charge on any atom is 0.130 e. The molecular formula is C20H28OS. The fourth-order valence-electron chi connectivity index (χ4n) is 3.00. The first-order valence-electron chi connectivity index (χ1n) is 7.94. The molecule has 0 aromatic heterocycles. The molecule has 0 bridgehead atoms. The SMILES string of the molecule is CC1=C(C)C(C)C(C)=C1Sc1c(O)cc(C)cc1C(C)(C)C. The largest absolute Gasteiger partial charge is 0.507 e. The first kappa shape index (κ1) is 17.2. The molecule has 0 heterocycles. The van der Waals surface area contributed by atoms with Crippen LogP contribution in [-0.2, 0) is 5.41 Å². The Kier molecular flexibility index (Phi) is 4.54. The highest BCUT2D eigenvalue weighted by atomic mass is 32.2. The van der Waals surface area contributed by atoms with Crippen LogP contribution in [0.5, 0.6) is 5.75 Å².